The summed E-state index contributed by atoms with van der Waals surface area (Å²) in [6.07, 6.45) is 9.68. The first kappa shape index (κ1) is 36.0. The van der Waals surface area contributed by atoms with Crippen molar-refractivity contribution in [1.29, 1.82) is 0 Å². The molecule has 0 radical (unpaired) electrons. The Morgan fingerprint density at radius 2 is 0.882 bits per heavy atom. The van der Waals surface area contributed by atoms with E-state index in [1.807, 2.05) is 0 Å². The van der Waals surface area contributed by atoms with E-state index in [9.17, 15) is 0 Å². The molecule has 0 saturated carbocycles. The van der Waals surface area contributed by atoms with Gasteiger partial charge in [0.25, 0.3) is 0 Å². The summed E-state index contributed by atoms with van der Waals surface area (Å²) in [4.78, 5) is 0. The van der Waals surface area contributed by atoms with Crippen LogP contribution in [0.2, 0.25) is 0 Å². The zero-order valence-corrected chi connectivity index (χ0v) is 10.5. The molecule has 0 aromatic heterocycles. The van der Waals surface area contributed by atoms with Crippen LogP contribution in [0.5, 0.6) is 0 Å². The summed E-state index contributed by atoms with van der Waals surface area (Å²) in [7, 11) is 0. The predicted octanol–water partition coefficient (Wildman–Crippen LogP) is 7.96. The zero-order chi connectivity index (χ0) is 10.5. The fourth-order valence-electron chi connectivity index (χ4n) is 1.11. The van der Waals surface area contributed by atoms with Gasteiger partial charge in [0.15, 0.2) is 0 Å². The van der Waals surface area contributed by atoms with Gasteiger partial charge in [-0.05, 0) is 5.92 Å². The van der Waals surface area contributed by atoms with Gasteiger partial charge >= 0.3 is 0 Å². The molecular weight excluding hydrogens is 204 g/mol. The summed E-state index contributed by atoms with van der Waals surface area (Å²) >= 11 is 0. The van der Waals surface area contributed by atoms with Gasteiger partial charge in [0.05, 0.1) is 0 Å². The lowest BCUT2D eigenvalue weighted by Crippen LogP contribution is -1.83. The summed E-state index contributed by atoms with van der Waals surface area (Å²) in [5.41, 5.74) is 0. The molecule has 0 aromatic rings. The molecule has 0 N–H and O–H groups in total. The second kappa shape index (κ2) is 36.0. The van der Waals surface area contributed by atoms with E-state index in [4.69, 9.17) is 0 Å². The van der Waals surface area contributed by atoms with Crippen LogP contribution in [0.4, 0.5) is 0 Å². The molecule has 0 rings (SSSR count). The van der Waals surface area contributed by atoms with Crippen LogP contribution in [0.15, 0.2) is 0 Å². The maximum Gasteiger partial charge on any atom is -0.0471 e. The molecule has 0 aliphatic heterocycles. The maximum atomic E-state index is 2.27. The average Bonchev–Trinajstić information content (AvgIpc) is 2.12. The lowest BCUT2D eigenvalue weighted by molar-refractivity contribution is 0.550. The lowest BCUT2D eigenvalue weighted by Gasteiger charge is -1.98. The van der Waals surface area contributed by atoms with Crippen molar-refractivity contribution < 1.29 is 0 Å². The van der Waals surface area contributed by atoms with Crippen LogP contribution in [0.1, 0.15) is 109 Å². The summed E-state index contributed by atoms with van der Waals surface area (Å²) in [5.74, 6) is 0.903. The normalized spacial score (nSPS) is 7.41. The van der Waals surface area contributed by atoms with Crippen molar-refractivity contribution in [3.63, 3.8) is 0 Å². The third kappa shape index (κ3) is 64.0. The van der Waals surface area contributed by atoms with Crippen molar-refractivity contribution in [3.8, 4) is 0 Å². The topological polar surface area (TPSA) is 0 Å². The molecule has 0 saturated heterocycles. The molecule has 0 heteroatoms. The molecular formula is C17H46. The van der Waals surface area contributed by atoms with Gasteiger partial charge in [0, 0.05) is 0 Å². The summed E-state index contributed by atoms with van der Waals surface area (Å²) in [6, 6.07) is 0. The Morgan fingerprint density at radius 1 is 0.588 bits per heavy atom. The van der Waals surface area contributed by atoms with E-state index in [2.05, 4.69) is 34.6 Å². The van der Waals surface area contributed by atoms with Gasteiger partial charge in [0.2, 0.25) is 0 Å². The van der Waals surface area contributed by atoms with E-state index in [1.165, 1.54) is 44.9 Å². The highest BCUT2D eigenvalue weighted by molar-refractivity contribution is 4.42. The van der Waals surface area contributed by atoms with Gasteiger partial charge in [-0.2, -0.15) is 0 Å². The third-order valence-corrected chi connectivity index (χ3v) is 2.09. The minimum Gasteiger partial charge on any atom is -0.0776 e. The van der Waals surface area contributed by atoms with Crippen LogP contribution in [0.3, 0.4) is 0 Å². The Morgan fingerprint density at radius 3 is 1.00 bits per heavy atom. The SMILES string of the molecule is C.C.C.C.CCCCC(C)C.CCCCCC. The summed E-state index contributed by atoms with van der Waals surface area (Å²) in [5, 5.41) is 0. The molecule has 0 spiro atoms. The largest absolute Gasteiger partial charge is 0.0776 e. The molecule has 0 atom stereocenters. The quantitative estimate of drug-likeness (QED) is 0.419. The number of unbranched alkanes of at least 4 members (excludes halogenated alkanes) is 4. The molecule has 0 amide bonds. The molecule has 0 aliphatic carbocycles. The van der Waals surface area contributed by atoms with E-state index in [-0.39, 0.29) is 29.7 Å². The van der Waals surface area contributed by atoms with Crippen molar-refractivity contribution >= 4 is 0 Å². The van der Waals surface area contributed by atoms with E-state index in [0.717, 1.165) is 5.92 Å². The van der Waals surface area contributed by atoms with Crippen LogP contribution >= 0.6 is 0 Å². The molecule has 0 bridgehead atoms. The highest BCUT2D eigenvalue weighted by atomic mass is 13.9. The van der Waals surface area contributed by atoms with E-state index >= 15 is 0 Å². The van der Waals surface area contributed by atoms with Gasteiger partial charge in [-0.3, -0.25) is 0 Å². The monoisotopic (exact) mass is 250 g/mol. The maximum absolute atomic E-state index is 2.27. The highest BCUT2D eigenvalue weighted by Gasteiger charge is 1.88. The van der Waals surface area contributed by atoms with Gasteiger partial charge in [-0.1, -0.05) is 109 Å². The number of hydrogen-bond donors (Lipinski definition) is 0. The van der Waals surface area contributed by atoms with Crippen molar-refractivity contribution in [2.45, 2.75) is 109 Å². The minimum absolute atomic E-state index is 0. The Balaban J connectivity index is -0.0000000290. The Kier molecular flexibility index (Phi) is 76.2. The average molecular weight is 251 g/mol. The molecule has 0 heterocycles. The van der Waals surface area contributed by atoms with Gasteiger partial charge in [-0.25, -0.2) is 0 Å². The van der Waals surface area contributed by atoms with Crippen LogP contribution < -0.4 is 0 Å². The molecule has 0 aliphatic rings. The smallest absolute Gasteiger partial charge is 0.0471 e. The van der Waals surface area contributed by atoms with E-state index in [0.29, 0.717) is 0 Å². The molecule has 114 valence electrons. The van der Waals surface area contributed by atoms with Crippen molar-refractivity contribution in [2.24, 2.45) is 5.92 Å². The van der Waals surface area contributed by atoms with Gasteiger partial charge < -0.3 is 0 Å². The lowest BCUT2D eigenvalue weighted by atomic mass is 10.1. The van der Waals surface area contributed by atoms with Crippen molar-refractivity contribution in [1.82, 2.24) is 0 Å². The van der Waals surface area contributed by atoms with Crippen molar-refractivity contribution in [3.05, 3.63) is 0 Å². The van der Waals surface area contributed by atoms with E-state index < -0.39 is 0 Å². The van der Waals surface area contributed by atoms with Crippen LogP contribution in [-0.2, 0) is 0 Å². The van der Waals surface area contributed by atoms with Crippen LogP contribution in [-0.4, -0.2) is 0 Å². The van der Waals surface area contributed by atoms with E-state index in [1.54, 1.807) is 0 Å². The van der Waals surface area contributed by atoms with Gasteiger partial charge in [0.1, 0.15) is 0 Å². The molecule has 17 heavy (non-hydrogen) atoms. The molecule has 0 aromatic carbocycles. The number of rotatable bonds is 6. The first-order valence-corrected chi connectivity index (χ1v) is 6.18. The first-order valence-electron chi connectivity index (χ1n) is 6.18. The van der Waals surface area contributed by atoms with Crippen LogP contribution in [0, 0.1) is 5.92 Å². The molecule has 0 unspecified atom stereocenters. The fraction of sp³-hybridized carbons (Fsp3) is 1.00. The van der Waals surface area contributed by atoms with Crippen LogP contribution in [0.25, 0.3) is 0 Å². The standard InChI is InChI=1S/C7H16.C6H14.4CH4/c1-4-5-6-7(2)3;1-3-5-6-4-2;;;;/h7H,4-6H2,1-3H3;3-6H2,1-2H3;4*1H4. The fourth-order valence-corrected chi connectivity index (χ4v) is 1.11. The first-order chi connectivity index (χ1) is 6.18. The second-order valence-electron chi connectivity index (χ2n) is 4.24. The Bertz CT molecular complexity index is 60.4. The minimum atomic E-state index is 0. The predicted molar refractivity (Wildman–Crippen MR) is 91.1 cm³/mol. The Labute approximate surface area is 116 Å². The second-order valence-corrected chi connectivity index (χ2v) is 4.24. The van der Waals surface area contributed by atoms with Gasteiger partial charge in [-0.15, -0.1) is 0 Å². The summed E-state index contributed by atoms with van der Waals surface area (Å²) < 4.78 is 0. The number of hydrogen-bond acceptors (Lipinski definition) is 0. The van der Waals surface area contributed by atoms with Crippen molar-refractivity contribution in [2.75, 3.05) is 0 Å². The molecule has 0 nitrogen and oxygen atoms in total. The third-order valence-electron chi connectivity index (χ3n) is 2.09. The Hall–Kier alpha value is 0. The molecule has 0 fully saturated rings. The summed E-state index contributed by atoms with van der Waals surface area (Å²) in [6.45, 7) is 11.2. The zero-order valence-electron chi connectivity index (χ0n) is 10.5. The highest BCUT2D eigenvalue weighted by Crippen LogP contribution is 2.04.